The lowest BCUT2D eigenvalue weighted by Gasteiger charge is -2.34. The van der Waals surface area contributed by atoms with Crippen molar-refractivity contribution >= 4 is 22.5 Å². The van der Waals surface area contributed by atoms with E-state index >= 15 is 0 Å². The average molecular weight is 378 g/mol. The molecular weight excluding hydrogens is 352 g/mol. The zero-order valence-electron chi connectivity index (χ0n) is 16.6. The lowest BCUT2D eigenvalue weighted by molar-refractivity contribution is 0.0820. The first-order valence-electron chi connectivity index (χ1n) is 9.77. The molecule has 2 heterocycles. The number of anilines is 1. The molecule has 1 N–H and O–H groups in total. The zero-order valence-corrected chi connectivity index (χ0v) is 16.6. The number of rotatable bonds is 4. The molecule has 0 bridgehead atoms. The van der Waals surface area contributed by atoms with E-state index in [0.717, 1.165) is 23.7 Å². The summed E-state index contributed by atoms with van der Waals surface area (Å²) in [4.78, 5) is 16.4. The highest BCUT2D eigenvalue weighted by molar-refractivity contribution is 6.03. The molecular formula is C22H26N4O2. The molecule has 1 aliphatic carbocycles. The van der Waals surface area contributed by atoms with E-state index in [9.17, 15) is 4.79 Å². The predicted octanol–water partition coefficient (Wildman–Crippen LogP) is 4.57. The van der Waals surface area contributed by atoms with Crippen LogP contribution in [0.15, 0.2) is 42.6 Å². The fraction of sp³-hybridized carbons (Fsp3) is 0.409. The number of fused-ring (bicyclic) bond motifs is 1. The van der Waals surface area contributed by atoms with E-state index < -0.39 is 0 Å². The summed E-state index contributed by atoms with van der Waals surface area (Å²) in [6.07, 6.45) is 6.35. The molecule has 1 aliphatic rings. The van der Waals surface area contributed by atoms with Gasteiger partial charge in [-0.2, -0.15) is 0 Å². The summed E-state index contributed by atoms with van der Waals surface area (Å²) in [6.45, 7) is 4.60. The summed E-state index contributed by atoms with van der Waals surface area (Å²) in [5.41, 5.74) is 2.33. The number of hydrogen-bond donors (Lipinski definition) is 1. The molecule has 0 saturated heterocycles. The highest BCUT2D eigenvalue weighted by atomic mass is 16.5. The van der Waals surface area contributed by atoms with Gasteiger partial charge in [0.05, 0.1) is 10.9 Å². The monoisotopic (exact) mass is 378 g/mol. The Hall–Kier alpha value is -2.89. The van der Waals surface area contributed by atoms with Gasteiger partial charge in [-0.1, -0.05) is 19.9 Å². The maximum absolute atomic E-state index is 12.3. The van der Waals surface area contributed by atoms with Crippen LogP contribution in [-0.4, -0.2) is 26.8 Å². The van der Waals surface area contributed by atoms with Crippen molar-refractivity contribution in [2.45, 2.75) is 45.6 Å². The Morgan fingerprint density at radius 3 is 2.89 bits per heavy atom. The van der Waals surface area contributed by atoms with Crippen molar-refractivity contribution < 1.29 is 9.53 Å². The van der Waals surface area contributed by atoms with Gasteiger partial charge in [-0.3, -0.25) is 14.5 Å². The summed E-state index contributed by atoms with van der Waals surface area (Å²) in [6, 6.07) is 11.0. The summed E-state index contributed by atoms with van der Waals surface area (Å²) in [5.74, 6) is 0.436. The lowest BCUT2D eigenvalue weighted by atomic mass is 9.76. The van der Waals surface area contributed by atoms with E-state index in [0.29, 0.717) is 22.7 Å². The van der Waals surface area contributed by atoms with Crippen LogP contribution in [0, 0.1) is 5.41 Å². The Balaban J connectivity index is 1.54. The van der Waals surface area contributed by atoms with Crippen LogP contribution in [0.5, 0.6) is 5.88 Å². The van der Waals surface area contributed by atoms with Gasteiger partial charge in [0, 0.05) is 18.9 Å². The molecule has 0 aliphatic heterocycles. The molecule has 1 aromatic carbocycles. The number of nitrogens with one attached hydrogen (secondary N) is 1. The zero-order chi connectivity index (χ0) is 19.7. The van der Waals surface area contributed by atoms with E-state index in [1.807, 2.05) is 25.2 Å². The number of hydrogen-bond acceptors (Lipinski definition) is 4. The molecule has 1 unspecified atom stereocenters. The first-order chi connectivity index (χ1) is 13.4. The molecule has 1 atom stereocenters. The minimum Gasteiger partial charge on any atom is -0.473 e. The number of ether oxygens (including phenoxy) is 1. The van der Waals surface area contributed by atoms with Gasteiger partial charge in [-0.25, -0.2) is 0 Å². The third-order valence-electron chi connectivity index (χ3n) is 5.41. The van der Waals surface area contributed by atoms with Crippen molar-refractivity contribution in [2.75, 3.05) is 5.32 Å². The van der Waals surface area contributed by atoms with Gasteiger partial charge in [0.1, 0.15) is 11.8 Å². The van der Waals surface area contributed by atoms with Crippen molar-refractivity contribution in [3.63, 3.8) is 0 Å². The van der Waals surface area contributed by atoms with Crippen LogP contribution in [0.1, 0.15) is 50.0 Å². The standard InChI is InChI=1S/C22H26N4O2/c1-22(2)11-6-7-16(14-22)28-21-17-10-9-15(13-19(17)26(3)25-21)24-20(27)18-8-4-5-12-23-18/h4-5,8-10,12-13,16H,6-7,11,14H2,1-3H3,(H,24,27). The van der Waals surface area contributed by atoms with E-state index in [4.69, 9.17) is 4.74 Å². The van der Waals surface area contributed by atoms with Crippen molar-refractivity contribution in [1.82, 2.24) is 14.8 Å². The second kappa shape index (κ2) is 7.26. The van der Waals surface area contributed by atoms with Crippen LogP contribution in [-0.2, 0) is 7.05 Å². The Kier molecular flexibility index (Phi) is 4.79. The number of pyridine rings is 1. The minimum atomic E-state index is -0.233. The van der Waals surface area contributed by atoms with E-state index in [1.165, 1.54) is 12.8 Å². The largest absolute Gasteiger partial charge is 0.473 e. The van der Waals surface area contributed by atoms with Gasteiger partial charge in [-0.05, 0) is 61.4 Å². The third-order valence-corrected chi connectivity index (χ3v) is 5.41. The first-order valence-corrected chi connectivity index (χ1v) is 9.77. The third kappa shape index (κ3) is 3.86. The van der Waals surface area contributed by atoms with Crippen LogP contribution in [0.4, 0.5) is 5.69 Å². The Morgan fingerprint density at radius 2 is 2.14 bits per heavy atom. The second-order valence-corrected chi connectivity index (χ2v) is 8.33. The summed E-state index contributed by atoms with van der Waals surface area (Å²) in [7, 11) is 1.89. The molecule has 1 fully saturated rings. The molecule has 6 heteroatoms. The number of carbonyl (C=O) groups excluding carboxylic acids is 1. The van der Waals surface area contributed by atoms with Gasteiger partial charge >= 0.3 is 0 Å². The van der Waals surface area contributed by atoms with Gasteiger partial charge in [0.2, 0.25) is 5.88 Å². The number of aromatic nitrogens is 3. The summed E-state index contributed by atoms with van der Waals surface area (Å²) < 4.78 is 8.09. The topological polar surface area (TPSA) is 69.0 Å². The molecule has 146 valence electrons. The smallest absolute Gasteiger partial charge is 0.274 e. The Bertz CT molecular complexity index is 994. The highest BCUT2D eigenvalue weighted by Crippen LogP contribution is 2.38. The second-order valence-electron chi connectivity index (χ2n) is 8.33. The van der Waals surface area contributed by atoms with Crippen molar-refractivity contribution in [1.29, 1.82) is 0 Å². The molecule has 0 radical (unpaired) electrons. The van der Waals surface area contributed by atoms with E-state index in [-0.39, 0.29) is 12.0 Å². The molecule has 28 heavy (non-hydrogen) atoms. The molecule has 4 rings (SSSR count). The van der Waals surface area contributed by atoms with Crippen LogP contribution in [0.3, 0.4) is 0 Å². The summed E-state index contributed by atoms with van der Waals surface area (Å²) in [5, 5.41) is 8.43. The quantitative estimate of drug-likeness (QED) is 0.722. The number of nitrogens with zero attached hydrogens (tertiary/aromatic N) is 3. The number of amides is 1. The average Bonchev–Trinajstić information content (AvgIpc) is 2.97. The molecule has 1 saturated carbocycles. The van der Waals surface area contributed by atoms with Gasteiger partial charge in [0.15, 0.2) is 0 Å². The predicted molar refractivity (Wildman–Crippen MR) is 110 cm³/mol. The van der Waals surface area contributed by atoms with Crippen molar-refractivity contribution in [3.05, 3.63) is 48.3 Å². The maximum Gasteiger partial charge on any atom is 0.274 e. The van der Waals surface area contributed by atoms with Gasteiger partial charge in [-0.15, -0.1) is 5.10 Å². The van der Waals surface area contributed by atoms with Crippen molar-refractivity contribution in [2.24, 2.45) is 12.5 Å². The van der Waals surface area contributed by atoms with E-state index in [1.54, 1.807) is 29.1 Å². The Morgan fingerprint density at radius 1 is 1.29 bits per heavy atom. The van der Waals surface area contributed by atoms with Gasteiger partial charge < -0.3 is 10.1 Å². The Labute approximate surface area is 164 Å². The first kappa shape index (κ1) is 18.5. The van der Waals surface area contributed by atoms with Crippen LogP contribution >= 0.6 is 0 Å². The van der Waals surface area contributed by atoms with E-state index in [2.05, 4.69) is 29.2 Å². The number of carbonyl (C=O) groups is 1. The van der Waals surface area contributed by atoms with Crippen LogP contribution < -0.4 is 10.1 Å². The van der Waals surface area contributed by atoms with Crippen molar-refractivity contribution in [3.8, 4) is 5.88 Å². The number of benzene rings is 1. The summed E-state index contributed by atoms with van der Waals surface area (Å²) >= 11 is 0. The SMILES string of the molecule is Cn1nc(OC2CCCC(C)(C)C2)c2ccc(NC(=O)c3ccccn3)cc21. The lowest BCUT2D eigenvalue weighted by Crippen LogP contribution is -2.30. The highest BCUT2D eigenvalue weighted by Gasteiger charge is 2.30. The normalized spacial score (nSPS) is 18.8. The molecule has 2 aromatic heterocycles. The maximum atomic E-state index is 12.3. The van der Waals surface area contributed by atoms with Crippen LogP contribution in [0.25, 0.3) is 10.9 Å². The molecule has 6 nitrogen and oxygen atoms in total. The molecule has 3 aromatic rings. The fourth-order valence-electron chi connectivity index (χ4n) is 3.97. The molecule has 0 spiro atoms. The minimum absolute atomic E-state index is 0.199. The number of aryl methyl sites for hydroxylation is 1. The fourth-order valence-corrected chi connectivity index (χ4v) is 3.97. The molecule has 1 amide bonds. The van der Waals surface area contributed by atoms with Gasteiger partial charge in [0.25, 0.3) is 5.91 Å². The van der Waals surface area contributed by atoms with Crippen LogP contribution in [0.2, 0.25) is 0 Å².